The maximum Gasteiger partial charge on any atom is 0.336 e. The molecule has 1 aliphatic heterocycles. The number of carbonyl (C=O) groups excluding carboxylic acids is 2. The molecule has 2 rings (SSSR count). The van der Waals surface area contributed by atoms with Gasteiger partial charge in [0.15, 0.2) is 0 Å². The van der Waals surface area contributed by atoms with E-state index in [1.165, 1.54) is 6.08 Å². The summed E-state index contributed by atoms with van der Waals surface area (Å²) < 4.78 is 11.0. The first-order valence-corrected chi connectivity index (χ1v) is 8.74. The Balaban J connectivity index is 2.39. The van der Waals surface area contributed by atoms with Crippen molar-refractivity contribution in [3.8, 4) is 0 Å². The molecule has 0 aromatic rings. The quantitative estimate of drug-likeness (QED) is 0.451. The number of hydrogen-bond acceptors (Lipinski definition) is 6. The monoisotopic (exact) mass is 362 g/mol. The van der Waals surface area contributed by atoms with Crippen molar-refractivity contribution in [3.63, 3.8) is 0 Å². The van der Waals surface area contributed by atoms with Crippen LogP contribution in [0.15, 0.2) is 47.1 Å². The van der Waals surface area contributed by atoms with E-state index >= 15 is 0 Å². The van der Waals surface area contributed by atoms with Crippen LogP contribution in [-0.2, 0) is 19.1 Å². The van der Waals surface area contributed by atoms with E-state index in [0.29, 0.717) is 12.8 Å². The average Bonchev–Trinajstić information content (AvgIpc) is 2.88. The standard InChI is InChI=1S/C20H26O6/c1-4-15(11-22)20(24)26-16-8-12(2)6-5-7-14(10-21)9-17-18(16)13(3)19(23)25-17/h4,6,9,16-18,21-22H,3,5,7-8,10-11H2,1-2H3/b12-6+,14-9-,15-4-/t16-,17+,18+/m0/s1. The second kappa shape index (κ2) is 8.96. The van der Waals surface area contributed by atoms with Crippen LogP contribution in [-0.4, -0.2) is 47.6 Å². The number of aliphatic hydroxyl groups is 2. The van der Waals surface area contributed by atoms with Crippen molar-refractivity contribution in [1.29, 1.82) is 0 Å². The molecule has 0 spiro atoms. The maximum atomic E-state index is 12.3. The van der Waals surface area contributed by atoms with E-state index in [1.807, 2.05) is 13.0 Å². The van der Waals surface area contributed by atoms with Crippen molar-refractivity contribution in [2.24, 2.45) is 5.92 Å². The lowest BCUT2D eigenvalue weighted by atomic mass is 9.85. The zero-order valence-corrected chi connectivity index (χ0v) is 15.2. The molecule has 3 atom stereocenters. The number of fused-ring (bicyclic) bond motifs is 1. The number of allylic oxidation sites excluding steroid dienone is 2. The molecule has 6 heteroatoms. The zero-order valence-electron chi connectivity index (χ0n) is 15.2. The van der Waals surface area contributed by atoms with Gasteiger partial charge in [-0.25, -0.2) is 9.59 Å². The third-order valence-electron chi connectivity index (χ3n) is 4.79. The van der Waals surface area contributed by atoms with Crippen molar-refractivity contribution in [1.82, 2.24) is 0 Å². The molecular weight excluding hydrogens is 336 g/mol. The number of esters is 2. The van der Waals surface area contributed by atoms with Gasteiger partial charge in [-0.1, -0.05) is 24.3 Å². The normalized spacial score (nSPS) is 31.2. The van der Waals surface area contributed by atoms with Crippen molar-refractivity contribution in [3.05, 3.63) is 47.1 Å². The Kier molecular flexibility index (Phi) is 6.94. The highest BCUT2D eigenvalue weighted by atomic mass is 16.6. The minimum absolute atomic E-state index is 0.127. The number of ether oxygens (including phenoxy) is 2. The van der Waals surface area contributed by atoms with Crippen LogP contribution in [0.5, 0.6) is 0 Å². The molecule has 0 saturated carbocycles. The van der Waals surface area contributed by atoms with Gasteiger partial charge in [0.1, 0.15) is 12.2 Å². The van der Waals surface area contributed by atoms with E-state index in [9.17, 15) is 19.8 Å². The van der Waals surface area contributed by atoms with Gasteiger partial charge in [0, 0.05) is 12.0 Å². The zero-order chi connectivity index (χ0) is 19.3. The van der Waals surface area contributed by atoms with E-state index in [-0.39, 0.29) is 17.8 Å². The summed E-state index contributed by atoms with van der Waals surface area (Å²) in [5.41, 5.74) is 2.19. The summed E-state index contributed by atoms with van der Waals surface area (Å²) in [5.74, 6) is -1.68. The average molecular weight is 362 g/mol. The molecular formula is C20H26O6. The lowest BCUT2D eigenvalue weighted by molar-refractivity contribution is -0.147. The molecule has 0 unspecified atom stereocenters. The number of carbonyl (C=O) groups is 2. The van der Waals surface area contributed by atoms with Crippen molar-refractivity contribution in [2.45, 2.75) is 45.3 Å². The van der Waals surface area contributed by atoms with Gasteiger partial charge in [0.25, 0.3) is 0 Å². The van der Waals surface area contributed by atoms with Gasteiger partial charge >= 0.3 is 11.9 Å². The van der Waals surface area contributed by atoms with E-state index in [0.717, 1.165) is 17.6 Å². The van der Waals surface area contributed by atoms with Gasteiger partial charge in [-0.2, -0.15) is 0 Å². The second-order valence-corrected chi connectivity index (χ2v) is 6.61. The molecule has 0 amide bonds. The van der Waals surface area contributed by atoms with E-state index in [2.05, 4.69) is 6.58 Å². The molecule has 0 bridgehead atoms. The molecule has 2 aliphatic rings. The van der Waals surface area contributed by atoms with Crippen molar-refractivity contribution < 1.29 is 29.3 Å². The highest BCUT2D eigenvalue weighted by Crippen LogP contribution is 2.36. The summed E-state index contributed by atoms with van der Waals surface area (Å²) >= 11 is 0. The van der Waals surface area contributed by atoms with Crippen LogP contribution in [0.25, 0.3) is 0 Å². The summed E-state index contributed by atoms with van der Waals surface area (Å²) in [4.78, 5) is 24.4. The Labute approximate surface area is 153 Å². The topological polar surface area (TPSA) is 93.1 Å². The largest absolute Gasteiger partial charge is 0.458 e. The van der Waals surface area contributed by atoms with E-state index in [4.69, 9.17) is 9.47 Å². The molecule has 1 fully saturated rings. The molecule has 1 saturated heterocycles. The highest BCUT2D eigenvalue weighted by Gasteiger charge is 2.44. The fourth-order valence-corrected chi connectivity index (χ4v) is 3.26. The van der Waals surface area contributed by atoms with Crippen LogP contribution in [0.4, 0.5) is 0 Å². The molecule has 0 aromatic carbocycles. The minimum atomic E-state index is -0.654. The first kappa shape index (κ1) is 20.1. The predicted molar refractivity (Wildman–Crippen MR) is 96.0 cm³/mol. The Morgan fingerprint density at radius 2 is 2.19 bits per heavy atom. The minimum Gasteiger partial charge on any atom is -0.458 e. The van der Waals surface area contributed by atoms with E-state index in [1.54, 1.807) is 13.0 Å². The summed E-state index contributed by atoms with van der Waals surface area (Å²) in [5, 5.41) is 18.9. The smallest absolute Gasteiger partial charge is 0.336 e. The maximum absolute atomic E-state index is 12.3. The van der Waals surface area contributed by atoms with Gasteiger partial charge in [-0.3, -0.25) is 0 Å². The predicted octanol–water partition coefficient (Wildman–Crippen LogP) is 1.98. The Hall–Kier alpha value is -2.18. The van der Waals surface area contributed by atoms with Gasteiger partial charge in [-0.15, -0.1) is 0 Å². The number of hydrogen-bond donors (Lipinski definition) is 2. The van der Waals surface area contributed by atoms with Crippen molar-refractivity contribution >= 4 is 11.9 Å². The summed E-state index contributed by atoms with van der Waals surface area (Å²) in [6.07, 6.45) is 5.82. The Bertz CT molecular complexity index is 670. The van der Waals surface area contributed by atoms with Crippen LogP contribution in [0, 0.1) is 5.92 Å². The number of rotatable bonds is 4. The Morgan fingerprint density at radius 1 is 1.46 bits per heavy atom. The highest BCUT2D eigenvalue weighted by molar-refractivity contribution is 5.92. The van der Waals surface area contributed by atoms with Crippen LogP contribution >= 0.6 is 0 Å². The van der Waals surface area contributed by atoms with Crippen LogP contribution < -0.4 is 0 Å². The number of aliphatic hydroxyl groups excluding tert-OH is 2. The van der Waals surface area contributed by atoms with Crippen LogP contribution in [0.2, 0.25) is 0 Å². The summed E-state index contributed by atoms with van der Waals surface area (Å²) in [6, 6.07) is 0. The lowest BCUT2D eigenvalue weighted by Gasteiger charge is -2.27. The molecule has 0 radical (unpaired) electrons. The van der Waals surface area contributed by atoms with Gasteiger partial charge in [0.05, 0.1) is 24.7 Å². The summed E-state index contributed by atoms with van der Waals surface area (Å²) in [6.45, 7) is 6.85. The fraction of sp³-hybridized carbons (Fsp3) is 0.500. The van der Waals surface area contributed by atoms with Gasteiger partial charge in [-0.05, 0) is 38.3 Å². The third kappa shape index (κ3) is 4.51. The van der Waals surface area contributed by atoms with Gasteiger partial charge in [0.2, 0.25) is 0 Å². The second-order valence-electron chi connectivity index (χ2n) is 6.61. The van der Waals surface area contributed by atoms with Gasteiger partial charge < -0.3 is 19.7 Å². The molecule has 1 aliphatic carbocycles. The van der Waals surface area contributed by atoms with Crippen LogP contribution in [0.3, 0.4) is 0 Å². The first-order valence-electron chi connectivity index (χ1n) is 8.74. The SMILES string of the molecule is C=C1C(=O)O[C@@H]2/C=C(\CO)CC/C=C(\C)C[C@H](OC(=O)/C(=C\C)CO)[C@@H]12. The molecule has 26 heavy (non-hydrogen) atoms. The first-order chi connectivity index (χ1) is 12.4. The van der Waals surface area contributed by atoms with Crippen molar-refractivity contribution in [2.75, 3.05) is 13.2 Å². The molecule has 6 nitrogen and oxygen atoms in total. The molecule has 1 heterocycles. The fourth-order valence-electron chi connectivity index (χ4n) is 3.26. The third-order valence-corrected chi connectivity index (χ3v) is 4.79. The van der Waals surface area contributed by atoms with E-state index < -0.39 is 36.7 Å². The molecule has 2 N–H and O–H groups in total. The lowest BCUT2D eigenvalue weighted by Crippen LogP contribution is -2.34. The van der Waals surface area contributed by atoms with Crippen LogP contribution in [0.1, 0.15) is 33.1 Å². The molecule has 0 aromatic heterocycles. The molecule has 142 valence electrons. The Morgan fingerprint density at radius 3 is 2.81 bits per heavy atom. The summed E-state index contributed by atoms with van der Waals surface area (Å²) in [7, 11) is 0.